The molecule has 0 aliphatic rings. The Morgan fingerprint density at radius 1 is 1.47 bits per heavy atom. The number of thiazole rings is 1. The number of hydrogen-bond donors (Lipinski definition) is 2. The van der Waals surface area contributed by atoms with Gasteiger partial charge in [0.15, 0.2) is 10.9 Å². The number of nitrogens with zero attached hydrogens (tertiary/aromatic N) is 1. The van der Waals surface area contributed by atoms with E-state index in [2.05, 4.69) is 25.6 Å². The first kappa shape index (κ1) is 14.2. The van der Waals surface area contributed by atoms with Crippen LogP contribution >= 0.6 is 27.3 Å². The Kier molecular flexibility index (Phi) is 3.79. The Hall–Kier alpha value is -1.19. The third-order valence-corrected chi connectivity index (χ3v) is 5.02. The average molecular weight is 366 g/mol. The minimum absolute atomic E-state index is 0.0109. The van der Waals surface area contributed by atoms with Gasteiger partial charge in [-0.15, -0.1) is 11.3 Å². The summed E-state index contributed by atoms with van der Waals surface area (Å²) in [4.78, 5) is 4.18. The molecule has 3 N–H and O–H groups in total. The van der Waals surface area contributed by atoms with Crippen LogP contribution in [0.15, 0.2) is 27.7 Å². The molecule has 1 heterocycles. The molecule has 0 fully saturated rings. The van der Waals surface area contributed by atoms with Gasteiger partial charge in [0.2, 0.25) is 0 Å². The summed E-state index contributed by atoms with van der Waals surface area (Å²) >= 11 is 4.08. The van der Waals surface area contributed by atoms with Crippen LogP contribution in [-0.2, 0) is 10.0 Å². The van der Waals surface area contributed by atoms with E-state index in [-0.39, 0.29) is 15.3 Å². The van der Waals surface area contributed by atoms with Gasteiger partial charge >= 0.3 is 0 Å². The Labute approximate surface area is 121 Å². The molecule has 9 heteroatoms. The normalized spacial score (nSPS) is 11.5. The second-order valence-corrected chi connectivity index (χ2v) is 7.44. The number of rotatable bonds is 3. The van der Waals surface area contributed by atoms with Gasteiger partial charge in [-0.3, -0.25) is 4.72 Å². The first-order chi connectivity index (χ1) is 8.79. The molecule has 1 aromatic carbocycles. The molecule has 5 nitrogen and oxygen atoms in total. The van der Waals surface area contributed by atoms with Crippen molar-refractivity contribution in [3.8, 4) is 0 Å². The summed E-state index contributed by atoms with van der Waals surface area (Å²) < 4.78 is 40.2. The van der Waals surface area contributed by atoms with E-state index in [1.165, 1.54) is 12.3 Å². The zero-order valence-electron chi connectivity index (χ0n) is 9.65. The predicted molar refractivity (Wildman–Crippen MR) is 76.2 cm³/mol. The molecule has 0 unspecified atom stereocenters. The van der Waals surface area contributed by atoms with Crippen LogP contribution in [0.25, 0.3) is 0 Å². The van der Waals surface area contributed by atoms with Crippen LogP contribution in [0.1, 0.15) is 4.88 Å². The molecule has 1 aromatic heterocycles. The van der Waals surface area contributed by atoms with E-state index in [4.69, 9.17) is 5.73 Å². The number of nitrogens with one attached hydrogen (secondary N) is 1. The molecule has 0 saturated carbocycles. The lowest BCUT2D eigenvalue weighted by Gasteiger charge is -2.08. The van der Waals surface area contributed by atoms with Crippen LogP contribution in [0.4, 0.5) is 15.2 Å². The van der Waals surface area contributed by atoms with E-state index in [0.717, 1.165) is 22.3 Å². The quantitative estimate of drug-likeness (QED) is 0.818. The minimum atomic E-state index is -4.06. The van der Waals surface area contributed by atoms with Crippen molar-refractivity contribution >= 4 is 48.1 Å². The smallest absolute Gasteiger partial charge is 0.266 e. The number of aromatic nitrogens is 1. The lowest BCUT2D eigenvalue weighted by atomic mass is 10.3. The fourth-order valence-corrected chi connectivity index (χ4v) is 4.00. The number of hydrogen-bond acceptors (Lipinski definition) is 5. The summed E-state index contributed by atoms with van der Waals surface area (Å²) in [5.74, 6) is -0.894. The van der Waals surface area contributed by atoms with Gasteiger partial charge in [-0.2, -0.15) is 0 Å². The van der Waals surface area contributed by atoms with Crippen molar-refractivity contribution in [3.63, 3.8) is 0 Å². The third kappa shape index (κ3) is 3.04. The van der Waals surface area contributed by atoms with Gasteiger partial charge in [-0.1, -0.05) is 0 Å². The van der Waals surface area contributed by atoms with E-state index in [9.17, 15) is 12.8 Å². The highest BCUT2D eigenvalue weighted by Crippen LogP contribution is 2.28. The molecule has 0 saturated heterocycles. The van der Waals surface area contributed by atoms with Crippen molar-refractivity contribution in [1.82, 2.24) is 4.98 Å². The number of benzene rings is 1. The van der Waals surface area contributed by atoms with Gasteiger partial charge in [-0.05, 0) is 35.0 Å². The highest BCUT2D eigenvalue weighted by Gasteiger charge is 2.22. The number of nitrogens with two attached hydrogens (primary N) is 1. The number of anilines is 2. The maximum absolute atomic E-state index is 13.8. The van der Waals surface area contributed by atoms with E-state index in [0.29, 0.717) is 0 Å². The summed E-state index contributed by atoms with van der Waals surface area (Å²) in [5.41, 5.74) is 5.66. The van der Waals surface area contributed by atoms with E-state index >= 15 is 0 Å². The molecular weight excluding hydrogens is 357 g/mol. The van der Waals surface area contributed by atoms with Crippen LogP contribution in [0.3, 0.4) is 0 Å². The summed E-state index contributed by atoms with van der Waals surface area (Å²) in [6, 6.07) is 2.35. The Morgan fingerprint density at radius 3 is 2.74 bits per heavy atom. The Balaban J connectivity index is 2.45. The fraction of sp³-hybridized carbons (Fsp3) is 0.100. The molecule has 19 heavy (non-hydrogen) atoms. The average Bonchev–Trinajstić information content (AvgIpc) is 2.68. The van der Waals surface area contributed by atoms with Gasteiger partial charge < -0.3 is 5.73 Å². The van der Waals surface area contributed by atoms with E-state index in [1.54, 1.807) is 6.92 Å². The van der Waals surface area contributed by atoms with Gasteiger partial charge in [0.05, 0.1) is 4.47 Å². The highest BCUT2D eigenvalue weighted by atomic mass is 79.9. The first-order valence-electron chi connectivity index (χ1n) is 4.99. The number of nitrogen functional groups attached to an aromatic ring is 1. The van der Waals surface area contributed by atoms with Crippen molar-refractivity contribution in [2.24, 2.45) is 0 Å². The van der Waals surface area contributed by atoms with Crippen molar-refractivity contribution in [2.45, 2.75) is 11.8 Å². The predicted octanol–water partition coefficient (Wildman–Crippen LogP) is 2.74. The van der Waals surface area contributed by atoms with Crippen LogP contribution in [0.5, 0.6) is 0 Å². The topological polar surface area (TPSA) is 85.1 Å². The molecule has 0 spiro atoms. The Morgan fingerprint density at radius 2 is 2.16 bits per heavy atom. The number of sulfonamides is 1. The molecule has 0 amide bonds. The molecule has 102 valence electrons. The maximum atomic E-state index is 13.8. The van der Waals surface area contributed by atoms with Crippen LogP contribution in [-0.4, -0.2) is 13.4 Å². The minimum Gasteiger partial charge on any atom is -0.399 e. The largest absolute Gasteiger partial charge is 0.399 e. The lowest BCUT2D eigenvalue weighted by Crippen LogP contribution is -2.15. The zero-order valence-corrected chi connectivity index (χ0v) is 12.9. The monoisotopic (exact) mass is 365 g/mol. The SMILES string of the molecule is Cc1cnc(NS(=O)(=O)c2cc(N)cc(Br)c2F)s1. The molecule has 2 rings (SSSR count). The summed E-state index contributed by atoms with van der Waals surface area (Å²) in [6.07, 6.45) is 1.52. The molecule has 0 radical (unpaired) electrons. The lowest BCUT2D eigenvalue weighted by molar-refractivity contribution is 0.567. The molecule has 0 aliphatic heterocycles. The van der Waals surface area contributed by atoms with Crippen molar-refractivity contribution in [2.75, 3.05) is 10.5 Å². The second-order valence-electron chi connectivity index (χ2n) is 3.70. The van der Waals surface area contributed by atoms with Crippen LogP contribution in [0.2, 0.25) is 0 Å². The van der Waals surface area contributed by atoms with Crippen molar-refractivity contribution in [3.05, 3.63) is 33.5 Å². The fourth-order valence-electron chi connectivity index (χ4n) is 1.35. The number of aryl methyl sites for hydroxylation is 1. The number of halogens is 2. The molecule has 0 bridgehead atoms. The Bertz CT molecular complexity index is 730. The highest BCUT2D eigenvalue weighted by molar-refractivity contribution is 9.10. The molecular formula is C10H9BrFN3O2S2. The van der Waals surface area contributed by atoms with Crippen LogP contribution < -0.4 is 10.5 Å². The van der Waals surface area contributed by atoms with E-state index < -0.39 is 20.7 Å². The molecule has 0 aliphatic carbocycles. The zero-order chi connectivity index (χ0) is 14.2. The van der Waals surface area contributed by atoms with Crippen molar-refractivity contribution in [1.29, 1.82) is 0 Å². The summed E-state index contributed by atoms with van der Waals surface area (Å²) in [5, 5.41) is 0.176. The summed E-state index contributed by atoms with van der Waals surface area (Å²) in [7, 11) is -4.06. The van der Waals surface area contributed by atoms with Crippen molar-refractivity contribution < 1.29 is 12.8 Å². The first-order valence-corrected chi connectivity index (χ1v) is 8.08. The molecule has 0 atom stereocenters. The molecule has 2 aromatic rings. The van der Waals surface area contributed by atoms with Gasteiger partial charge in [0, 0.05) is 16.8 Å². The maximum Gasteiger partial charge on any atom is 0.266 e. The second kappa shape index (κ2) is 5.06. The summed E-state index contributed by atoms with van der Waals surface area (Å²) in [6.45, 7) is 1.78. The van der Waals surface area contributed by atoms with Gasteiger partial charge in [0.1, 0.15) is 4.90 Å². The standard InChI is InChI=1S/C10H9BrFN3O2S2/c1-5-4-14-10(18-5)15-19(16,17)8-3-6(13)2-7(11)9(8)12/h2-4H,13H2,1H3,(H,14,15). The van der Waals surface area contributed by atoms with Crippen LogP contribution in [0, 0.1) is 12.7 Å². The van der Waals surface area contributed by atoms with Gasteiger partial charge in [0.25, 0.3) is 10.0 Å². The third-order valence-electron chi connectivity index (χ3n) is 2.15. The van der Waals surface area contributed by atoms with Gasteiger partial charge in [-0.25, -0.2) is 17.8 Å². The van der Waals surface area contributed by atoms with E-state index in [1.807, 2.05) is 0 Å².